The molecule has 2 N–H and O–H groups in total. The molecule has 3 fully saturated rings. The molecular weight excluding hydrogens is 274 g/mol. The van der Waals surface area contributed by atoms with Crippen molar-refractivity contribution in [3.05, 3.63) is 11.6 Å². The summed E-state index contributed by atoms with van der Waals surface area (Å²) >= 11 is 0. The summed E-state index contributed by atoms with van der Waals surface area (Å²) in [5, 5.41) is 13.5. The quantitative estimate of drug-likeness (QED) is 0.722. The molecule has 3 saturated carbocycles. The van der Waals surface area contributed by atoms with Crippen LogP contribution in [0.4, 0.5) is 0 Å². The molecule has 3 aliphatic carbocycles. The van der Waals surface area contributed by atoms with Gasteiger partial charge in [0, 0.05) is 12.6 Å². The number of hydrogen-bond acceptors (Lipinski definition) is 2. The highest BCUT2D eigenvalue weighted by molar-refractivity contribution is 5.88. The van der Waals surface area contributed by atoms with Crippen molar-refractivity contribution >= 4 is 5.91 Å². The van der Waals surface area contributed by atoms with Gasteiger partial charge in [-0.1, -0.05) is 19.4 Å². The summed E-state index contributed by atoms with van der Waals surface area (Å²) < 4.78 is 0. The monoisotopic (exact) mass is 303 g/mol. The molecule has 122 valence electrons. The van der Waals surface area contributed by atoms with Crippen LogP contribution in [0.15, 0.2) is 11.6 Å². The zero-order chi connectivity index (χ0) is 15.5. The molecule has 0 aromatic heterocycles. The lowest BCUT2D eigenvalue weighted by Crippen LogP contribution is -2.50. The van der Waals surface area contributed by atoms with Crippen molar-refractivity contribution in [2.75, 3.05) is 6.54 Å². The van der Waals surface area contributed by atoms with Crippen LogP contribution in [-0.2, 0) is 4.79 Å². The number of nitrogens with one attached hydrogen (secondary N) is 1. The third-order valence-electron chi connectivity index (χ3n) is 7.93. The second-order valence-corrected chi connectivity index (χ2v) is 8.68. The summed E-state index contributed by atoms with van der Waals surface area (Å²) in [4.78, 5) is 11.9. The largest absolute Gasteiger partial charge is 0.393 e. The molecule has 4 aliphatic rings. The fourth-order valence-electron chi connectivity index (χ4n) is 6.54. The molecule has 1 heterocycles. The van der Waals surface area contributed by atoms with Gasteiger partial charge in [0.1, 0.15) is 0 Å². The first-order valence-corrected chi connectivity index (χ1v) is 9.12. The minimum Gasteiger partial charge on any atom is -0.393 e. The SMILES string of the molecule is CC12CCNC(=O)C=C1CCC1C2CCC2(C)C(O)CCC12. The van der Waals surface area contributed by atoms with E-state index in [9.17, 15) is 9.90 Å². The van der Waals surface area contributed by atoms with Gasteiger partial charge in [0.2, 0.25) is 5.91 Å². The van der Waals surface area contributed by atoms with Gasteiger partial charge in [-0.2, -0.15) is 0 Å². The molecule has 3 heteroatoms. The predicted molar refractivity (Wildman–Crippen MR) is 86.1 cm³/mol. The van der Waals surface area contributed by atoms with Gasteiger partial charge >= 0.3 is 0 Å². The Balaban J connectivity index is 1.69. The topological polar surface area (TPSA) is 49.3 Å². The number of carbonyl (C=O) groups excluding carboxylic acids is 1. The molecule has 0 bridgehead atoms. The van der Waals surface area contributed by atoms with Crippen molar-refractivity contribution in [1.29, 1.82) is 0 Å². The average Bonchev–Trinajstić information content (AvgIpc) is 2.68. The van der Waals surface area contributed by atoms with Crippen molar-refractivity contribution in [1.82, 2.24) is 5.32 Å². The second-order valence-electron chi connectivity index (χ2n) is 8.68. The Morgan fingerprint density at radius 1 is 1.14 bits per heavy atom. The van der Waals surface area contributed by atoms with E-state index >= 15 is 0 Å². The molecular formula is C19H29NO2. The second kappa shape index (κ2) is 4.83. The van der Waals surface area contributed by atoms with Crippen LogP contribution < -0.4 is 5.32 Å². The molecule has 1 aliphatic heterocycles. The van der Waals surface area contributed by atoms with Crippen LogP contribution >= 0.6 is 0 Å². The number of allylic oxidation sites excluding steroid dienone is 1. The maximum Gasteiger partial charge on any atom is 0.243 e. The van der Waals surface area contributed by atoms with Crippen LogP contribution in [0.2, 0.25) is 0 Å². The van der Waals surface area contributed by atoms with E-state index in [4.69, 9.17) is 0 Å². The van der Waals surface area contributed by atoms with Crippen LogP contribution in [-0.4, -0.2) is 23.7 Å². The van der Waals surface area contributed by atoms with E-state index in [2.05, 4.69) is 19.2 Å². The Morgan fingerprint density at radius 2 is 1.95 bits per heavy atom. The smallest absolute Gasteiger partial charge is 0.243 e. The molecule has 0 radical (unpaired) electrons. The number of fused-ring (bicyclic) bond motifs is 5. The molecule has 0 saturated heterocycles. The van der Waals surface area contributed by atoms with Gasteiger partial charge < -0.3 is 10.4 Å². The molecule has 0 spiro atoms. The maximum atomic E-state index is 11.9. The normalized spacial score (nSPS) is 51.0. The highest BCUT2D eigenvalue weighted by Gasteiger charge is 2.58. The van der Waals surface area contributed by atoms with E-state index in [1.54, 1.807) is 0 Å². The van der Waals surface area contributed by atoms with Gasteiger partial charge in [0.05, 0.1) is 6.10 Å². The number of rotatable bonds is 0. The van der Waals surface area contributed by atoms with Crippen molar-refractivity contribution in [2.45, 2.75) is 64.9 Å². The Morgan fingerprint density at radius 3 is 2.77 bits per heavy atom. The molecule has 1 amide bonds. The third kappa shape index (κ3) is 1.87. The van der Waals surface area contributed by atoms with E-state index in [0.29, 0.717) is 11.8 Å². The molecule has 6 atom stereocenters. The number of aliphatic hydroxyl groups is 1. The highest BCUT2D eigenvalue weighted by atomic mass is 16.3. The Bertz CT molecular complexity index is 528. The van der Waals surface area contributed by atoms with E-state index < -0.39 is 0 Å². The third-order valence-corrected chi connectivity index (χ3v) is 7.93. The van der Waals surface area contributed by atoms with Crippen molar-refractivity contribution in [3.63, 3.8) is 0 Å². The van der Waals surface area contributed by atoms with Gasteiger partial charge in [-0.05, 0) is 73.5 Å². The lowest BCUT2D eigenvalue weighted by molar-refractivity contribution is -0.116. The lowest BCUT2D eigenvalue weighted by atomic mass is 9.48. The van der Waals surface area contributed by atoms with Crippen molar-refractivity contribution in [3.8, 4) is 0 Å². The van der Waals surface area contributed by atoms with Gasteiger partial charge in [-0.25, -0.2) is 0 Å². The van der Waals surface area contributed by atoms with Crippen LogP contribution in [0.5, 0.6) is 0 Å². The Kier molecular flexibility index (Phi) is 3.24. The molecule has 0 aromatic carbocycles. The maximum absolute atomic E-state index is 11.9. The lowest BCUT2D eigenvalue weighted by Gasteiger charge is -2.56. The summed E-state index contributed by atoms with van der Waals surface area (Å²) in [5.41, 5.74) is 1.74. The fourth-order valence-corrected chi connectivity index (χ4v) is 6.54. The number of hydrogen-bond donors (Lipinski definition) is 2. The number of carbonyl (C=O) groups is 1. The van der Waals surface area contributed by atoms with E-state index in [1.165, 1.54) is 24.8 Å². The van der Waals surface area contributed by atoms with Gasteiger partial charge in [0.25, 0.3) is 0 Å². The minimum atomic E-state index is -0.0967. The predicted octanol–water partition coefficient (Wildman–Crippen LogP) is 3.04. The first kappa shape index (κ1) is 14.7. The summed E-state index contributed by atoms with van der Waals surface area (Å²) in [7, 11) is 0. The van der Waals surface area contributed by atoms with Crippen LogP contribution in [0.3, 0.4) is 0 Å². The first-order chi connectivity index (χ1) is 10.4. The molecule has 3 nitrogen and oxygen atoms in total. The van der Waals surface area contributed by atoms with E-state index in [1.807, 2.05) is 6.08 Å². The van der Waals surface area contributed by atoms with Crippen molar-refractivity contribution in [2.24, 2.45) is 28.6 Å². The van der Waals surface area contributed by atoms with E-state index in [-0.39, 0.29) is 22.8 Å². The van der Waals surface area contributed by atoms with Crippen LogP contribution in [0.25, 0.3) is 0 Å². The standard InChI is InChI=1S/C19H29NO2/c1-18-9-10-20-17(22)11-12(18)3-4-13-14-5-6-16(21)19(14,2)8-7-15(13)18/h11,13-16,21H,3-10H2,1-2H3,(H,20,22). The molecule has 22 heavy (non-hydrogen) atoms. The van der Waals surface area contributed by atoms with E-state index in [0.717, 1.165) is 38.1 Å². The molecule has 0 aromatic rings. The summed E-state index contributed by atoms with van der Waals surface area (Å²) in [6, 6.07) is 0. The zero-order valence-corrected chi connectivity index (χ0v) is 13.9. The highest BCUT2D eigenvalue weighted by Crippen LogP contribution is 2.64. The zero-order valence-electron chi connectivity index (χ0n) is 13.9. The van der Waals surface area contributed by atoms with Gasteiger partial charge in [0.15, 0.2) is 0 Å². The molecule has 4 rings (SSSR count). The minimum absolute atomic E-state index is 0.0967. The molecule has 6 unspecified atom stereocenters. The summed E-state index contributed by atoms with van der Waals surface area (Å²) in [5.74, 6) is 2.23. The van der Waals surface area contributed by atoms with Gasteiger partial charge in [-0.3, -0.25) is 4.79 Å². The summed E-state index contributed by atoms with van der Waals surface area (Å²) in [6.07, 6.45) is 9.74. The van der Waals surface area contributed by atoms with Gasteiger partial charge in [-0.15, -0.1) is 0 Å². The fraction of sp³-hybridized carbons (Fsp3) is 0.842. The summed E-state index contributed by atoms with van der Waals surface area (Å²) in [6.45, 7) is 5.55. The number of aliphatic hydroxyl groups excluding tert-OH is 1. The average molecular weight is 303 g/mol. The Hall–Kier alpha value is -0.830. The van der Waals surface area contributed by atoms with Crippen molar-refractivity contribution < 1.29 is 9.90 Å². The van der Waals surface area contributed by atoms with Crippen LogP contribution in [0.1, 0.15) is 58.8 Å². The number of amides is 1. The van der Waals surface area contributed by atoms with Crippen LogP contribution in [0, 0.1) is 28.6 Å². The Labute approximate surface area is 133 Å². The first-order valence-electron chi connectivity index (χ1n) is 9.12.